The van der Waals surface area contributed by atoms with Gasteiger partial charge in [-0.05, 0) is 75.5 Å². The largest absolute Gasteiger partial charge is 0.492 e. The number of carbonyl (C=O) groups is 2. The van der Waals surface area contributed by atoms with Crippen molar-refractivity contribution in [3.8, 4) is 5.75 Å². The van der Waals surface area contributed by atoms with E-state index < -0.39 is 0 Å². The summed E-state index contributed by atoms with van der Waals surface area (Å²) >= 11 is 0. The molecular weight excluding hydrogens is 496 g/mol. The number of likely N-dealkylation sites (N-methyl/N-ethyl adjacent to an activating group) is 1. The van der Waals surface area contributed by atoms with E-state index in [2.05, 4.69) is 4.90 Å². The standard InChI is InChI=1S/C32H34N2O3.ClH/c1-23-5-9-25(10-6-23)19-28-21-34(22-29(31(28)35)20-26-11-7-24(2)8-12-26)32(36)27-13-15-30(16-14-27)37-18-17-33(3)4;/h5-16,19-20H,17-18,21-22H2,1-4H3;1H/b28-19+,29-20+;. The Morgan fingerprint density at radius 1 is 0.816 bits per heavy atom. The van der Waals surface area contributed by atoms with Crippen molar-refractivity contribution in [3.63, 3.8) is 0 Å². The number of aryl methyl sites for hydroxylation is 2. The topological polar surface area (TPSA) is 49.9 Å². The fourth-order valence-corrected chi connectivity index (χ4v) is 4.13. The van der Waals surface area contributed by atoms with E-state index >= 15 is 0 Å². The Morgan fingerprint density at radius 3 is 1.74 bits per heavy atom. The molecule has 0 spiro atoms. The predicted octanol–water partition coefficient (Wildman–Crippen LogP) is 5.86. The molecule has 0 N–H and O–H groups in total. The van der Waals surface area contributed by atoms with Crippen molar-refractivity contribution >= 4 is 36.2 Å². The molecule has 1 amide bonds. The average Bonchev–Trinajstić information content (AvgIpc) is 2.88. The lowest BCUT2D eigenvalue weighted by atomic mass is 9.93. The van der Waals surface area contributed by atoms with Crippen molar-refractivity contribution in [2.45, 2.75) is 13.8 Å². The summed E-state index contributed by atoms with van der Waals surface area (Å²) in [6.45, 7) is 5.98. The van der Waals surface area contributed by atoms with E-state index in [4.69, 9.17) is 4.74 Å². The lowest BCUT2D eigenvalue weighted by Gasteiger charge is -2.30. The van der Waals surface area contributed by atoms with E-state index in [-0.39, 0.29) is 37.2 Å². The predicted molar refractivity (Wildman–Crippen MR) is 157 cm³/mol. The Morgan fingerprint density at radius 2 is 1.29 bits per heavy atom. The molecule has 1 fully saturated rings. The molecule has 0 radical (unpaired) electrons. The maximum Gasteiger partial charge on any atom is 0.254 e. The molecule has 1 aliphatic heterocycles. The van der Waals surface area contributed by atoms with E-state index in [0.29, 0.717) is 23.3 Å². The maximum absolute atomic E-state index is 13.5. The molecule has 0 atom stereocenters. The molecule has 38 heavy (non-hydrogen) atoms. The van der Waals surface area contributed by atoms with Crippen molar-refractivity contribution in [2.24, 2.45) is 0 Å². The Labute approximate surface area is 231 Å². The van der Waals surface area contributed by atoms with Gasteiger partial charge in [0, 0.05) is 23.3 Å². The van der Waals surface area contributed by atoms with Crippen LogP contribution in [0.4, 0.5) is 0 Å². The number of ether oxygens (including phenoxy) is 1. The van der Waals surface area contributed by atoms with Crippen LogP contribution >= 0.6 is 12.4 Å². The monoisotopic (exact) mass is 530 g/mol. The number of nitrogens with zero attached hydrogens (tertiary/aromatic N) is 2. The molecule has 0 saturated carbocycles. The highest BCUT2D eigenvalue weighted by molar-refractivity contribution is 6.15. The molecule has 4 rings (SSSR count). The summed E-state index contributed by atoms with van der Waals surface area (Å²) in [4.78, 5) is 30.8. The van der Waals surface area contributed by atoms with Gasteiger partial charge >= 0.3 is 0 Å². The second kappa shape index (κ2) is 13.2. The molecule has 0 aliphatic carbocycles. The Balaban J connectivity index is 0.00000400. The van der Waals surface area contributed by atoms with Gasteiger partial charge in [0.2, 0.25) is 0 Å². The van der Waals surface area contributed by atoms with Gasteiger partial charge in [0.25, 0.3) is 5.91 Å². The minimum atomic E-state index is -0.114. The maximum atomic E-state index is 13.5. The van der Waals surface area contributed by atoms with Gasteiger partial charge in [-0.3, -0.25) is 9.59 Å². The van der Waals surface area contributed by atoms with Gasteiger partial charge in [0.05, 0.1) is 13.1 Å². The fraction of sp³-hybridized carbons (Fsp3) is 0.250. The lowest BCUT2D eigenvalue weighted by Crippen LogP contribution is -2.41. The molecule has 1 heterocycles. The van der Waals surface area contributed by atoms with Crippen LogP contribution in [0.2, 0.25) is 0 Å². The number of rotatable bonds is 7. The number of piperidine rings is 1. The summed E-state index contributed by atoms with van der Waals surface area (Å²) < 4.78 is 5.77. The smallest absolute Gasteiger partial charge is 0.254 e. The van der Waals surface area contributed by atoms with Crippen LogP contribution in [-0.2, 0) is 4.79 Å². The number of hydrogen-bond donors (Lipinski definition) is 0. The van der Waals surface area contributed by atoms with Crippen LogP contribution in [0.5, 0.6) is 5.75 Å². The summed E-state index contributed by atoms with van der Waals surface area (Å²) in [5.74, 6) is 0.596. The zero-order chi connectivity index (χ0) is 26.4. The van der Waals surface area contributed by atoms with Gasteiger partial charge in [-0.2, -0.15) is 0 Å². The van der Waals surface area contributed by atoms with Crippen LogP contribution in [0.3, 0.4) is 0 Å². The van der Waals surface area contributed by atoms with Crippen LogP contribution in [-0.4, -0.2) is 61.8 Å². The molecule has 6 heteroatoms. The summed E-state index contributed by atoms with van der Waals surface area (Å²) in [6, 6.07) is 23.3. The van der Waals surface area contributed by atoms with Crippen LogP contribution < -0.4 is 4.74 Å². The average molecular weight is 531 g/mol. The highest BCUT2D eigenvalue weighted by Crippen LogP contribution is 2.24. The molecule has 0 bridgehead atoms. The van der Waals surface area contributed by atoms with Crippen molar-refractivity contribution < 1.29 is 14.3 Å². The third-order valence-electron chi connectivity index (χ3n) is 6.34. The molecule has 198 valence electrons. The first-order valence-corrected chi connectivity index (χ1v) is 12.5. The Kier molecular flexibility index (Phi) is 10.1. The van der Waals surface area contributed by atoms with E-state index in [1.165, 1.54) is 0 Å². The number of carbonyl (C=O) groups excluding carboxylic acids is 2. The molecule has 3 aromatic rings. The van der Waals surface area contributed by atoms with Gasteiger partial charge in [0.15, 0.2) is 5.78 Å². The first kappa shape index (κ1) is 28.9. The minimum Gasteiger partial charge on any atom is -0.492 e. The number of likely N-dealkylation sites (tertiary alicyclic amines) is 1. The molecular formula is C32H35ClN2O3. The summed E-state index contributed by atoms with van der Waals surface area (Å²) in [6.07, 6.45) is 3.79. The number of ketones is 1. The van der Waals surface area contributed by atoms with E-state index in [0.717, 1.165) is 34.5 Å². The molecule has 0 unspecified atom stereocenters. The van der Waals surface area contributed by atoms with Crippen LogP contribution in [0, 0.1) is 13.8 Å². The number of amides is 1. The van der Waals surface area contributed by atoms with Crippen LogP contribution in [0.1, 0.15) is 32.6 Å². The first-order valence-electron chi connectivity index (χ1n) is 12.5. The zero-order valence-corrected chi connectivity index (χ0v) is 23.3. The van der Waals surface area contributed by atoms with E-state index in [1.807, 2.05) is 101 Å². The van der Waals surface area contributed by atoms with Gasteiger partial charge in [-0.25, -0.2) is 0 Å². The molecule has 1 saturated heterocycles. The van der Waals surface area contributed by atoms with E-state index in [1.54, 1.807) is 17.0 Å². The SMILES string of the molecule is Cc1ccc(/C=C2\CN(C(=O)c3ccc(OCCN(C)C)cc3)C/C(=C\c3ccc(C)cc3)C2=O)cc1.Cl. The van der Waals surface area contributed by atoms with Crippen molar-refractivity contribution in [3.05, 3.63) is 112 Å². The Bertz CT molecular complexity index is 1240. The normalized spacial score (nSPS) is 15.6. The van der Waals surface area contributed by atoms with Gasteiger partial charge < -0.3 is 14.5 Å². The van der Waals surface area contributed by atoms with Gasteiger partial charge in [-0.1, -0.05) is 59.7 Å². The van der Waals surface area contributed by atoms with Crippen LogP contribution in [0.25, 0.3) is 12.2 Å². The summed E-state index contributed by atoms with van der Waals surface area (Å²) in [5, 5.41) is 0. The Hall–Kier alpha value is -3.67. The van der Waals surface area contributed by atoms with E-state index in [9.17, 15) is 9.59 Å². The number of halogens is 1. The molecule has 0 aromatic heterocycles. The summed E-state index contributed by atoms with van der Waals surface area (Å²) in [5.41, 5.74) is 5.97. The van der Waals surface area contributed by atoms with Gasteiger partial charge in [-0.15, -0.1) is 12.4 Å². The summed E-state index contributed by atoms with van der Waals surface area (Å²) in [7, 11) is 4.00. The lowest BCUT2D eigenvalue weighted by molar-refractivity contribution is -0.113. The molecule has 1 aliphatic rings. The second-order valence-corrected chi connectivity index (χ2v) is 9.83. The second-order valence-electron chi connectivity index (χ2n) is 9.83. The molecule has 3 aromatic carbocycles. The van der Waals surface area contributed by atoms with Crippen LogP contribution in [0.15, 0.2) is 83.9 Å². The number of hydrogen-bond acceptors (Lipinski definition) is 4. The zero-order valence-electron chi connectivity index (χ0n) is 22.4. The quantitative estimate of drug-likeness (QED) is 0.359. The third-order valence-corrected chi connectivity index (χ3v) is 6.34. The van der Waals surface area contributed by atoms with Crippen molar-refractivity contribution in [2.75, 3.05) is 40.3 Å². The van der Waals surface area contributed by atoms with Crippen molar-refractivity contribution in [1.29, 1.82) is 0 Å². The van der Waals surface area contributed by atoms with Crippen molar-refractivity contribution in [1.82, 2.24) is 9.80 Å². The first-order chi connectivity index (χ1) is 17.8. The number of Topliss-reactive ketones (excluding diaryl/α,β-unsaturated/α-hetero) is 1. The molecule has 5 nitrogen and oxygen atoms in total. The number of benzene rings is 3. The highest BCUT2D eigenvalue weighted by atomic mass is 35.5. The highest BCUT2D eigenvalue weighted by Gasteiger charge is 2.29. The minimum absolute atomic E-state index is 0. The fourth-order valence-electron chi connectivity index (χ4n) is 4.13. The van der Waals surface area contributed by atoms with Gasteiger partial charge in [0.1, 0.15) is 12.4 Å². The third kappa shape index (κ3) is 7.67.